The lowest BCUT2D eigenvalue weighted by atomic mass is 10.1. The van der Waals surface area contributed by atoms with Crippen molar-refractivity contribution in [1.82, 2.24) is 15.4 Å². The minimum Gasteiger partial charge on any atom is -0.506 e. The summed E-state index contributed by atoms with van der Waals surface area (Å²) in [6.45, 7) is 2.22. The Balaban J connectivity index is 1.87. The van der Waals surface area contributed by atoms with Crippen LogP contribution in [0.3, 0.4) is 0 Å². The number of benzene rings is 2. The number of hydrazine groups is 1. The molecule has 3 aromatic rings. The number of aromatic nitrogens is 1. The summed E-state index contributed by atoms with van der Waals surface area (Å²) in [4.78, 5) is 47.6. The normalized spacial score (nSPS) is 10.6. The van der Waals surface area contributed by atoms with E-state index in [0.29, 0.717) is 23.9 Å². The van der Waals surface area contributed by atoms with Crippen molar-refractivity contribution in [2.24, 2.45) is 0 Å². The predicted octanol–water partition coefficient (Wildman–Crippen LogP) is 2.10. The minimum atomic E-state index is -0.983. The van der Waals surface area contributed by atoms with Gasteiger partial charge in [-0.05, 0) is 30.7 Å². The molecule has 2 aromatic carbocycles. The molecular weight excluding hydrogens is 392 g/mol. The van der Waals surface area contributed by atoms with Gasteiger partial charge >= 0.3 is 0 Å². The number of hydrogen-bond donors (Lipinski definition) is 3. The third-order valence-corrected chi connectivity index (χ3v) is 4.45. The monoisotopic (exact) mass is 410 g/mol. The molecule has 0 spiro atoms. The van der Waals surface area contributed by atoms with Crippen molar-refractivity contribution in [2.75, 3.05) is 0 Å². The smallest absolute Gasteiger partial charge is 0.279 e. The number of fused-ring (bicyclic) bond motifs is 1. The molecule has 0 unspecified atom stereocenters. The molecule has 0 atom stereocenters. The van der Waals surface area contributed by atoms with Crippen molar-refractivity contribution < 1.29 is 19.6 Å². The zero-order valence-electron chi connectivity index (χ0n) is 15.9. The number of carbonyl (C=O) groups excluding carboxylic acids is 2. The predicted molar refractivity (Wildman–Crippen MR) is 108 cm³/mol. The highest BCUT2D eigenvalue weighted by molar-refractivity contribution is 6.04. The summed E-state index contributed by atoms with van der Waals surface area (Å²) in [5, 5.41) is 21.5. The Morgan fingerprint density at radius 2 is 1.70 bits per heavy atom. The van der Waals surface area contributed by atoms with E-state index in [1.165, 1.54) is 16.7 Å². The third kappa shape index (κ3) is 3.83. The fourth-order valence-electron chi connectivity index (χ4n) is 3.02. The fourth-order valence-corrected chi connectivity index (χ4v) is 3.02. The lowest BCUT2D eigenvalue weighted by Gasteiger charge is -2.14. The molecule has 0 aliphatic heterocycles. The highest BCUT2D eigenvalue weighted by atomic mass is 16.6. The third-order valence-electron chi connectivity index (χ3n) is 4.45. The van der Waals surface area contributed by atoms with Gasteiger partial charge in [-0.2, -0.15) is 0 Å². The lowest BCUT2D eigenvalue weighted by molar-refractivity contribution is -0.384. The quantitative estimate of drug-likeness (QED) is 0.434. The summed E-state index contributed by atoms with van der Waals surface area (Å²) in [6.07, 6.45) is 0.632. The number of amides is 2. The number of carbonyl (C=O) groups is 2. The van der Waals surface area contributed by atoms with E-state index in [1.807, 2.05) is 6.92 Å². The van der Waals surface area contributed by atoms with Gasteiger partial charge in [0.2, 0.25) is 0 Å². The van der Waals surface area contributed by atoms with Crippen molar-refractivity contribution in [3.63, 3.8) is 0 Å². The molecule has 2 amide bonds. The molecule has 1 aromatic heterocycles. The molecule has 30 heavy (non-hydrogen) atoms. The second-order valence-electron chi connectivity index (χ2n) is 6.41. The van der Waals surface area contributed by atoms with Crippen LogP contribution in [0.15, 0.2) is 53.3 Å². The number of pyridine rings is 1. The SMILES string of the molecule is CCCn1c(=O)c(C(=O)NNC(=O)c2ccc([N+](=O)[O-])cc2)c(O)c2ccccc21. The molecule has 0 aliphatic carbocycles. The number of rotatable bonds is 5. The van der Waals surface area contributed by atoms with Crippen LogP contribution in [0.1, 0.15) is 34.1 Å². The number of aromatic hydroxyl groups is 1. The van der Waals surface area contributed by atoms with Crippen LogP contribution in [-0.4, -0.2) is 26.4 Å². The van der Waals surface area contributed by atoms with Crippen LogP contribution < -0.4 is 16.4 Å². The average Bonchev–Trinajstić information content (AvgIpc) is 2.75. The second-order valence-corrected chi connectivity index (χ2v) is 6.41. The van der Waals surface area contributed by atoms with E-state index in [0.717, 1.165) is 12.1 Å². The summed E-state index contributed by atoms with van der Waals surface area (Å²) in [6, 6.07) is 11.4. The molecule has 0 saturated heterocycles. The molecule has 0 radical (unpaired) electrons. The van der Waals surface area contributed by atoms with Gasteiger partial charge in [0.05, 0.1) is 10.4 Å². The topological polar surface area (TPSA) is 144 Å². The number of nitrogens with zero attached hydrogens (tertiary/aromatic N) is 2. The highest BCUT2D eigenvalue weighted by Gasteiger charge is 2.22. The Kier molecular flexibility index (Phi) is 5.77. The first-order valence-electron chi connectivity index (χ1n) is 9.04. The van der Waals surface area contributed by atoms with Crippen LogP contribution in [0.4, 0.5) is 5.69 Å². The molecule has 154 valence electrons. The van der Waals surface area contributed by atoms with Crippen LogP contribution in [0.25, 0.3) is 10.9 Å². The Hall–Kier alpha value is -4.21. The first-order chi connectivity index (χ1) is 14.3. The molecule has 10 nitrogen and oxygen atoms in total. The van der Waals surface area contributed by atoms with E-state index in [2.05, 4.69) is 10.9 Å². The van der Waals surface area contributed by atoms with Gasteiger partial charge in [-0.1, -0.05) is 19.1 Å². The van der Waals surface area contributed by atoms with E-state index in [1.54, 1.807) is 24.3 Å². The summed E-state index contributed by atoms with van der Waals surface area (Å²) >= 11 is 0. The van der Waals surface area contributed by atoms with Gasteiger partial charge < -0.3 is 9.67 Å². The number of para-hydroxylation sites is 1. The van der Waals surface area contributed by atoms with Gasteiger partial charge in [-0.3, -0.25) is 35.3 Å². The maximum Gasteiger partial charge on any atom is 0.279 e. The molecule has 0 aliphatic rings. The van der Waals surface area contributed by atoms with E-state index >= 15 is 0 Å². The van der Waals surface area contributed by atoms with Crippen molar-refractivity contribution in [3.05, 3.63) is 80.1 Å². The fraction of sp³-hybridized carbons (Fsp3) is 0.150. The largest absolute Gasteiger partial charge is 0.506 e. The number of nitro benzene ring substituents is 1. The van der Waals surface area contributed by atoms with Crippen LogP contribution in [0, 0.1) is 10.1 Å². The molecule has 0 fully saturated rings. The Morgan fingerprint density at radius 1 is 1.07 bits per heavy atom. The first-order valence-corrected chi connectivity index (χ1v) is 9.04. The number of aryl methyl sites for hydroxylation is 1. The molecule has 3 N–H and O–H groups in total. The maximum absolute atomic E-state index is 12.8. The van der Waals surface area contributed by atoms with Gasteiger partial charge in [0, 0.05) is 29.6 Å². The van der Waals surface area contributed by atoms with E-state index < -0.39 is 33.6 Å². The first kappa shape index (κ1) is 20.5. The lowest BCUT2D eigenvalue weighted by Crippen LogP contribution is -2.44. The summed E-state index contributed by atoms with van der Waals surface area (Å²) < 4.78 is 1.39. The van der Waals surface area contributed by atoms with Crippen molar-refractivity contribution >= 4 is 28.4 Å². The molecule has 0 bridgehead atoms. The second kappa shape index (κ2) is 8.43. The Bertz CT molecular complexity index is 1200. The number of nitrogens with one attached hydrogen (secondary N) is 2. The van der Waals surface area contributed by atoms with E-state index in [9.17, 15) is 29.6 Å². The zero-order chi connectivity index (χ0) is 21.8. The average molecular weight is 410 g/mol. The number of non-ortho nitro benzene ring substituents is 1. The number of hydrogen-bond acceptors (Lipinski definition) is 6. The van der Waals surface area contributed by atoms with Crippen molar-refractivity contribution in [1.29, 1.82) is 0 Å². The number of nitro groups is 1. The van der Waals surface area contributed by atoms with Crippen LogP contribution in [0.5, 0.6) is 5.75 Å². The standard InChI is InChI=1S/C20H18N4O6/c1-2-11-23-15-6-4-3-5-14(15)17(25)16(20(23)28)19(27)22-21-18(26)12-7-9-13(10-8-12)24(29)30/h3-10,25H,2,11H2,1H3,(H,21,26)(H,22,27). The molecule has 1 heterocycles. The zero-order valence-corrected chi connectivity index (χ0v) is 15.9. The van der Waals surface area contributed by atoms with Crippen LogP contribution in [0.2, 0.25) is 0 Å². The highest BCUT2D eigenvalue weighted by Crippen LogP contribution is 2.26. The molecule has 0 saturated carbocycles. The summed E-state index contributed by atoms with van der Waals surface area (Å²) in [5.74, 6) is -2.21. The van der Waals surface area contributed by atoms with Gasteiger partial charge in [0.15, 0.2) is 0 Å². The summed E-state index contributed by atoms with van der Waals surface area (Å²) in [7, 11) is 0. The van der Waals surface area contributed by atoms with Gasteiger partial charge in [-0.25, -0.2) is 0 Å². The Labute approximate surface area is 169 Å². The van der Waals surface area contributed by atoms with E-state index in [-0.39, 0.29) is 11.3 Å². The molecule has 3 rings (SSSR count). The molecular formula is C20H18N4O6. The van der Waals surface area contributed by atoms with Gasteiger partial charge in [-0.15, -0.1) is 0 Å². The van der Waals surface area contributed by atoms with E-state index in [4.69, 9.17) is 0 Å². The van der Waals surface area contributed by atoms with Crippen molar-refractivity contribution in [3.8, 4) is 5.75 Å². The maximum atomic E-state index is 12.8. The summed E-state index contributed by atoms with van der Waals surface area (Å²) in [5.41, 5.74) is 3.43. The van der Waals surface area contributed by atoms with Crippen molar-refractivity contribution in [2.45, 2.75) is 19.9 Å². The van der Waals surface area contributed by atoms with Crippen LogP contribution in [-0.2, 0) is 6.54 Å². The minimum absolute atomic E-state index is 0.0621. The van der Waals surface area contributed by atoms with Gasteiger partial charge in [0.25, 0.3) is 23.1 Å². The Morgan fingerprint density at radius 3 is 2.33 bits per heavy atom. The molecule has 10 heteroatoms. The van der Waals surface area contributed by atoms with Gasteiger partial charge in [0.1, 0.15) is 11.3 Å². The van der Waals surface area contributed by atoms with Crippen LogP contribution >= 0.6 is 0 Å².